The topological polar surface area (TPSA) is 220 Å². The van der Waals surface area contributed by atoms with E-state index in [1.807, 2.05) is 0 Å². The summed E-state index contributed by atoms with van der Waals surface area (Å²) in [6.07, 6.45) is 0. The molecule has 0 aliphatic rings. The zero-order chi connectivity index (χ0) is 0. The molecule has 0 aromatic carbocycles. The maximum absolute atomic E-state index is 0. The summed E-state index contributed by atoms with van der Waals surface area (Å²) in [6, 6.07) is 0. The van der Waals surface area contributed by atoms with Gasteiger partial charge in [0.1, 0.15) is 0 Å². The summed E-state index contributed by atoms with van der Waals surface area (Å²) in [6.45, 7) is 0. The van der Waals surface area contributed by atoms with Crippen molar-refractivity contribution in [2.24, 2.45) is 0 Å². The van der Waals surface area contributed by atoms with Gasteiger partial charge in [-0.25, -0.2) is 0 Å². The van der Waals surface area contributed by atoms with Gasteiger partial charge in [0.15, 0.2) is 0 Å². The van der Waals surface area contributed by atoms with Crippen LogP contribution in [0.4, 0.5) is 0 Å². The zero-order valence-electron chi connectivity index (χ0n) is 8.72. The van der Waals surface area contributed by atoms with Gasteiger partial charge in [0, 0.05) is 63.2 Å². The van der Waals surface area contributed by atoms with Crippen LogP contribution in [0.25, 0.3) is 0 Å². The largest absolute Gasteiger partial charge is 1.00 e. The molecule has 0 amide bonds. The number of hydrogen-bond acceptors (Lipinski definition) is 0. The molecule has 0 aliphatic heterocycles. The van der Waals surface area contributed by atoms with Gasteiger partial charge >= 0.3 is 59.1 Å². The second-order valence-electron chi connectivity index (χ2n) is 0. The van der Waals surface area contributed by atoms with Gasteiger partial charge in [-0.1, -0.05) is 0 Å². The van der Waals surface area contributed by atoms with E-state index >= 15 is 0 Å². The fraction of sp³-hybridized carbons (Fsp3) is 0. The van der Waals surface area contributed by atoms with E-state index in [4.69, 9.17) is 0 Å². The Labute approximate surface area is 161 Å². The van der Waals surface area contributed by atoms with E-state index in [0.29, 0.717) is 0 Å². The molecule has 0 saturated carbocycles. The molecule has 7 nitrogen and oxygen atoms in total. The Morgan fingerprint density at radius 3 is 0.333 bits per heavy atom. The first-order chi connectivity index (χ1) is 0. The number of rotatable bonds is 0. The predicted molar refractivity (Wildman–Crippen MR) is 27.5 cm³/mol. The minimum atomic E-state index is 0. The van der Waals surface area contributed by atoms with Crippen LogP contribution in [-0.4, -0.2) is 38.3 Å². The van der Waals surface area contributed by atoms with Gasteiger partial charge in [-0.15, -0.1) is 0 Å². The van der Waals surface area contributed by atoms with Gasteiger partial charge in [0.25, 0.3) is 0 Å². The average molecular weight is 726 g/mol. The first kappa shape index (κ1) is 241. The van der Waals surface area contributed by atoms with Gasteiger partial charge in [0.2, 0.25) is 0 Å². The third-order valence-electron chi connectivity index (χ3n) is 0. The molecular formula is H16Na2O7W3. The van der Waals surface area contributed by atoms with Crippen molar-refractivity contribution in [1.82, 2.24) is 0 Å². The average Bonchev–Trinajstić information content (AvgIpc) is 0. The van der Waals surface area contributed by atoms with E-state index in [-0.39, 0.29) is 163 Å². The maximum atomic E-state index is 0. The monoisotopic (exact) mass is 726 g/mol. The third-order valence-corrected chi connectivity index (χ3v) is 0. The molecule has 0 aliphatic carbocycles. The summed E-state index contributed by atoms with van der Waals surface area (Å²) < 4.78 is 0. The molecule has 0 aromatic heterocycles. The molecule has 0 rings (SSSR count). The normalized spacial score (nSPS) is 0. The Balaban J connectivity index is 0. The predicted octanol–water partition coefficient (Wildman–Crippen LogP) is -11.5. The van der Waals surface area contributed by atoms with Crippen LogP contribution in [0.1, 0.15) is 2.85 Å². The van der Waals surface area contributed by atoms with E-state index in [2.05, 4.69) is 0 Å². The summed E-state index contributed by atoms with van der Waals surface area (Å²) in [7, 11) is 0. The standard InChI is InChI=1S/2Na.7H2O.3W.2H/h;;7*1H2;;;;;/q2*+1;;;;;;;;;;;2*-1. The molecule has 12 heavy (non-hydrogen) atoms. The third kappa shape index (κ3) is 157. The first-order valence-electron chi connectivity index (χ1n) is 0. The van der Waals surface area contributed by atoms with Crippen LogP contribution in [0.2, 0.25) is 0 Å². The van der Waals surface area contributed by atoms with Crippen molar-refractivity contribution in [3.8, 4) is 0 Å². The van der Waals surface area contributed by atoms with E-state index in [1.165, 1.54) is 0 Å². The molecule has 0 bridgehead atoms. The molecule has 0 atom stereocenters. The minimum absolute atomic E-state index is 0. The zero-order valence-corrected chi connectivity index (χ0v) is 19.5. The summed E-state index contributed by atoms with van der Waals surface area (Å²) >= 11 is 0. The summed E-state index contributed by atoms with van der Waals surface area (Å²) in [5.41, 5.74) is 0. The maximum Gasteiger partial charge on any atom is 1.00 e. The molecule has 0 aromatic rings. The van der Waals surface area contributed by atoms with Crippen molar-refractivity contribution in [1.29, 1.82) is 0 Å². The minimum Gasteiger partial charge on any atom is -1.00 e. The summed E-state index contributed by atoms with van der Waals surface area (Å²) in [5, 5.41) is 0. The van der Waals surface area contributed by atoms with Crippen molar-refractivity contribution >= 4 is 0 Å². The van der Waals surface area contributed by atoms with Crippen LogP contribution in [0, 0.1) is 0 Å². The van der Waals surface area contributed by atoms with Gasteiger partial charge in [0.05, 0.1) is 0 Å². The second-order valence-corrected chi connectivity index (χ2v) is 0. The molecule has 0 fully saturated rings. The van der Waals surface area contributed by atoms with Crippen molar-refractivity contribution in [2.45, 2.75) is 0 Å². The van der Waals surface area contributed by atoms with Crippen LogP contribution in [0.5, 0.6) is 0 Å². The van der Waals surface area contributed by atoms with E-state index < -0.39 is 0 Å². The Kier molecular flexibility index (Phi) is 3940. The molecule has 0 heterocycles. The van der Waals surface area contributed by atoms with Crippen molar-refractivity contribution in [2.75, 3.05) is 0 Å². The quantitative estimate of drug-likeness (QED) is 0.213. The molecule has 78 valence electrons. The summed E-state index contributed by atoms with van der Waals surface area (Å²) in [5.74, 6) is 0. The summed E-state index contributed by atoms with van der Waals surface area (Å²) in [4.78, 5) is 0. The Morgan fingerprint density at radius 1 is 0.333 bits per heavy atom. The second kappa shape index (κ2) is 196. The van der Waals surface area contributed by atoms with Crippen molar-refractivity contribution in [3.05, 3.63) is 0 Å². The van der Waals surface area contributed by atoms with Crippen molar-refractivity contribution in [3.63, 3.8) is 0 Å². The van der Waals surface area contributed by atoms with Crippen LogP contribution >= 0.6 is 0 Å². The molecule has 0 spiro atoms. The van der Waals surface area contributed by atoms with Crippen LogP contribution in [0.15, 0.2) is 0 Å². The van der Waals surface area contributed by atoms with Crippen LogP contribution < -0.4 is 59.1 Å². The molecule has 0 saturated heterocycles. The van der Waals surface area contributed by atoms with Crippen molar-refractivity contribution < 1.29 is 163 Å². The Morgan fingerprint density at radius 2 is 0.333 bits per heavy atom. The SMILES string of the molecule is O.O.O.O.O.O.O.[H-].[H-].[Na+].[Na+].[W].[W].[W]. The van der Waals surface area contributed by atoms with Gasteiger partial charge in [-0.05, 0) is 0 Å². The van der Waals surface area contributed by atoms with Crippen LogP contribution in [0.3, 0.4) is 0 Å². The van der Waals surface area contributed by atoms with Crippen LogP contribution in [-0.2, 0) is 63.2 Å². The molecule has 14 N–H and O–H groups in total. The Hall–Kier alpha value is 3.78. The first-order valence-corrected chi connectivity index (χ1v) is 0. The van der Waals surface area contributed by atoms with Gasteiger partial charge in [-0.3, -0.25) is 0 Å². The smallest absolute Gasteiger partial charge is 1.00 e. The molecular weight excluding hydrogens is 709 g/mol. The number of hydrogen-bond donors (Lipinski definition) is 0. The van der Waals surface area contributed by atoms with E-state index in [0.717, 1.165) is 0 Å². The van der Waals surface area contributed by atoms with E-state index in [1.54, 1.807) is 0 Å². The fourth-order valence-corrected chi connectivity index (χ4v) is 0. The van der Waals surface area contributed by atoms with Gasteiger partial charge in [-0.2, -0.15) is 0 Å². The van der Waals surface area contributed by atoms with E-state index in [9.17, 15) is 0 Å². The molecule has 0 unspecified atom stereocenters. The molecule has 12 heteroatoms. The Bertz CT molecular complexity index is 24.9. The van der Waals surface area contributed by atoms with Gasteiger partial charge < -0.3 is 41.2 Å². The molecule has 0 radical (unpaired) electrons. The fourth-order valence-electron chi connectivity index (χ4n) is 0.